The van der Waals surface area contributed by atoms with Gasteiger partial charge in [-0.3, -0.25) is 0 Å². The minimum absolute atomic E-state index is 0. The molecular formula is C50H58Cl2SiZr-2. The summed E-state index contributed by atoms with van der Waals surface area (Å²) in [7, 11) is 0. The Morgan fingerprint density at radius 3 is 1.57 bits per heavy atom. The Bertz CT molecular complexity index is 2140. The molecule has 54 heavy (non-hydrogen) atoms. The molecule has 0 spiro atoms. The van der Waals surface area contributed by atoms with Gasteiger partial charge in [0.15, 0.2) is 0 Å². The fraction of sp³-hybridized carbons (Fsp3) is 0.400. The van der Waals surface area contributed by atoms with Crippen LogP contribution in [0.5, 0.6) is 0 Å². The van der Waals surface area contributed by atoms with E-state index in [2.05, 4.69) is 164 Å². The third-order valence-electron chi connectivity index (χ3n) is 12.2. The molecule has 6 aromatic carbocycles. The van der Waals surface area contributed by atoms with Crippen LogP contribution in [0.15, 0.2) is 109 Å². The average Bonchev–Trinajstić information content (AvgIpc) is 3.71. The van der Waals surface area contributed by atoms with E-state index in [1.807, 2.05) is 0 Å². The normalized spacial score (nSPS) is 21.1. The minimum atomic E-state index is 0. The van der Waals surface area contributed by atoms with Crippen molar-refractivity contribution in [3.8, 4) is 22.3 Å². The smallest absolute Gasteiger partial charge is 0.00391 e. The van der Waals surface area contributed by atoms with E-state index in [0.717, 1.165) is 17.8 Å². The van der Waals surface area contributed by atoms with Crippen molar-refractivity contribution in [1.82, 2.24) is 0 Å². The van der Waals surface area contributed by atoms with Gasteiger partial charge in [0.25, 0.3) is 0 Å². The van der Waals surface area contributed by atoms with E-state index >= 15 is 0 Å². The van der Waals surface area contributed by atoms with Crippen LogP contribution in [0.25, 0.3) is 43.8 Å². The summed E-state index contributed by atoms with van der Waals surface area (Å²) in [4.78, 5) is 0. The van der Waals surface area contributed by atoms with E-state index < -0.39 is 0 Å². The molecule has 0 radical (unpaired) electrons. The minimum Gasteiger partial charge on any atom is -1.00 e. The third kappa shape index (κ3) is 9.31. The Hall–Kier alpha value is -2.22. The van der Waals surface area contributed by atoms with Gasteiger partial charge in [-0.25, -0.2) is 0 Å². The van der Waals surface area contributed by atoms with Crippen LogP contribution in [-0.2, 0) is 34.2 Å². The first-order valence-electron chi connectivity index (χ1n) is 19.9. The average molecular weight is 849 g/mol. The van der Waals surface area contributed by atoms with Crippen LogP contribution in [0.3, 0.4) is 0 Å². The molecule has 4 heteroatoms. The number of hydrogen-bond donors (Lipinski definition) is 0. The number of benzene rings is 4. The van der Waals surface area contributed by atoms with Crippen molar-refractivity contribution in [3.05, 3.63) is 131 Å². The zero-order valence-electron chi connectivity index (χ0n) is 33.7. The Labute approximate surface area is 353 Å². The van der Waals surface area contributed by atoms with Crippen molar-refractivity contribution in [3.63, 3.8) is 0 Å². The second-order valence-corrected chi connectivity index (χ2v) is 27.6. The van der Waals surface area contributed by atoms with Gasteiger partial charge >= 0.3 is 41.9 Å². The maximum atomic E-state index is 2.47. The van der Waals surface area contributed by atoms with E-state index in [4.69, 9.17) is 0 Å². The topological polar surface area (TPSA) is 0 Å². The largest absolute Gasteiger partial charge is 1.00 e. The summed E-state index contributed by atoms with van der Waals surface area (Å²) in [6, 6.07) is 41.4. The van der Waals surface area contributed by atoms with Gasteiger partial charge in [0.2, 0.25) is 0 Å². The van der Waals surface area contributed by atoms with Crippen LogP contribution in [0.4, 0.5) is 0 Å². The van der Waals surface area contributed by atoms with Gasteiger partial charge in [-0.15, -0.1) is 69.1 Å². The second-order valence-electron chi connectivity index (χ2n) is 18.2. The zero-order valence-corrected chi connectivity index (χ0v) is 38.7. The Kier molecular flexibility index (Phi) is 13.9. The van der Waals surface area contributed by atoms with Crippen LogP contribution < -0.4 is 24.8 Å². The standard InChI is InChI=1S/C26H27.C22H25.C2H6Si.2ClH.Zr/c1-17-9-22-3-2-4-24(25(22)10-17)21-5-7-23(8-6-21)26-14-18-11-19(15-26)13-20(12-18)16-26;1-15(2)18-13-17-7-6-8-20(21(17)14-18)16-9-11-19(12-10-16)22(3,4)5;1-3-2;;;/h2-10,18-20H,11-16H2,1H3;6-15H,1-5H3;1-2H3;2*1H;/q2*-1;;;;+2/p-2. The maximum absolute atomic E-state index is 2.47. The molecule has 282 valence electrons. The van der Waals surface area contributed by atoms with E-state index in [0.29, 0.717) is 11.3 Å². The molecule has 4 fully saturated rings. The predicted octanol–water partition coefficient (Wildman–Crippen LogP) is 8.44. The first kappa shape index (κ1) is 42.9. The molecule has 0 unspecified atom stereocenters. The van der Waals surface area contributed by atoms with Crippen molar-refractivity contribution < 1.29 is 48.1 Å². The zero-order chi connectivity index (χ0) is 36.8. The van der Waals surface area contributed by atoms with Gasteiger partial charge in [-0.2, -0.15) is 12.1 Å². The third-order valence-corrected chi connectivity index (χ3v) is 12.2. The van der Waals surface area contributed by atoms with Gasteiger partial charge in [0.1, 0.15) is 0 Å². The van der Waals surface area contributed by atoms with E-state index in [1.165, 1.54) is 99.0 Å². The molecule has 6 aromatic rings. The van der Waals surface area contributed by atoms with Gasteiger partial charge < -0.3 is 24.8 Å². The summed E-state index contributed by atoms with van der Waals surface area (Å²) in [6.07, 6.45) is 8.93. The summed E-state index contributed by atoms with van der Waals surface area (Å²) in [6.45, 7) is 18.1. The second kappa shape index (κ2) is 17.5. The summed E-state index contributed by atoms with van der Waals surface area (Å²) < 4.78 is 0. The summed E-state index contributed by atoms with van der Waals surface area (Å²) in [5.41, 5.74) is 12.1. The summed E-state index contributed by atoms with van der Waals surface area (Å²) >= 11 is 1.74. The molecule has 10 rings (SSSR count). The molecule has 0 amide bonds. The molecule has 0 aliphatic heterocycles. The molecular weight excluding hydrogens is 791 g/mol. The van der Waals surface area contributed by atoms with Crippen LogP contribution >= 0.6 is 0 Å². The molecule has 4 aliphatic rings. The van der Waals surface area contributed by atoms with Crippen LogP contribution in [0, 0.1) is 24.7 Å². The van der Waals surface area contributed by atoms with Crippen molar-refractivity contribution >= 4 is 27.0 Å². The number of aryl methyl sites for hydroxylation is 1. The van der Waals surface area contributed by atoms with Crippen molar-refractivity contribution in [2.45, 2.75) is 110 Å². The molecule has 0 heterocycles. The fourth-order valence-corrected chi connectivity index (χ4v) is 10.1. The molecule has 4 aliphatic carbocycles. The van der Waals surface area contributed by atoms with Crippen LogP contribution in [0.1, 0.15) is 101 Å². The number of fused-ring (bicyclic) bond motifs is 2. The molecule has 0 nitrogen and oxygen atoms in total. The Morgan fingerprint density at radius 2 is 1.11 bits per heavy atom. The van der Waals surface area contributed by atoms with E-state index in [-0.39, 0.29) is 35.7 Å². The van der Waals surface area contributed by atoms with Crippen LogP contribution in [-0.4, -0.2) is 5.43 Å². The van der Waals surface area contributed by atoms with E-state index in [9.17, 15) is 0 Å². The number of hydrogen-bond acceptors (Lipinski definition) is 0. The summed E-state index contributed by atoms with van der Waals surface area (Å²) in [5, 5.41) is 5.48. The molecule has 0 saturated heterocycles. The van der Waals surface area contributed by atoms with Gasteiger partial charge in [-0.1, -0.05) is 113 Å². The maximum Gasteiger partial charge on any atom is -0.00391 e. The molecule has 0 atom stereocenters. The molecule has 4 saturated carbocycles. The van der Waals surface area contributed by atoms with Crippen molar-refractivity contribution in [1.29, 1.82) is 0 Å². The van der Waals surface area contributed by atoms with E-state index in [1.54, 1.807) is 28.9 Å². The Balaban J connectivity index is 0.000000185. The number of rotatable bonds is 4. The molecule has 0 N–H and O–H groups in total. The first-order valence-corrected chi connectivity index (χ1v) is 26.1. The quantitative estimate of drug-likeness (QED) is 0.124. The molecule has 4 bridgehead atoms. The monoisotopic (exact) mass is 846 g/mol. The first-order chi connectivity index (χ1) is 24.8. The van der Waals surface area contributed by atoms with Crippen molar-refractivity contribution in [2.75, 3.05) is 0 Å². The van der Waals surface area contributed by atoms with Gasteiger partial charge in [0, 0.05) is 0 Å². The van der Waals surface area contributed by atoms with Gasteiger partial charge in [0.05, 0.1) is 0 Å². The fourth-order valence-electron chi connectivity index (χ4n) is 10.1. The van der Waals surface area contributed by atoms with Crippen molar-refractivity contribution in [2.24, 2.45) is 17.8 Å². The number of halogens is 2. The predicted molar refractivity (Wildman–Crippen MR) is 225 cm³/mol. The summed E-state index contributed by atoms with van der Waals surface area (Å²) in [5.74, 6) is 3.62. The SMILES string of the molecule is CC(C)c1cc2c(-c3ccc(C(C)(C)C)cc3)cccc2[cH-]1.C[Si](C)=[Zr+2].Cc1cc2c(-c3ccc(C45CC6CC(CC(C6)C4)C5)cc3)cccc2[cH-]1.[Cl-].[Cl-]. The van der Waals surface area contributed by atoms with Gasteiger partial charge in [-0.05, 0) is 95.3 Å². The Morgan fingerprint density at radius 1 is 0.667 bits per heavy atom. The van der Waals surface area contributed by atoms with Crippen LogP contribution in [0.2, 0.25) is 13.1 Å². The molecule has 0 aromatic heterocycles.